The summed E-state index contributed by atoms with van der Waals surface area (Å²) in [5.41, 5.74) is 2.48. The summed E-state index contributed by atoms with van der Waals surface area (Å²) in [5.74, 6) is -0.897. The van der Waals surface area contributed by atoms with E-state index in [4.69, 9.17) is 5.11 Å². The average Bonchev–Trinajstić information content (AvgIpc) is 2.56. The first kappa shape index (κ1) is 12.1. The number of thioether (sulfide) groups is 1. The quantitative estimate of drug-likeness (QED) is 0.555. The van der Waals surface area contributed by atoms with Crippen molar-refractivity contribution in [2.45, 2.75) is 25.7 Å². The van der Waals surface area contributed by atoms with Gasteiger partial charge in [0.1, 0.15) is 0 Å². The van der Waals surface area contributed by atoms with Crippen LogP contribution in [0.2, 0.25) is 0 Å². The highest BCUT2D eigenvalue weighted by atomic mass is 32.2. The summed E-state index contributed by atoms with van der Waals surface area (Å²) in [5, 5.41) is 23.5. The number of amidine groups is 1. The number of carboxylic acids is 1. The number of aliphatic hydroxyl groups is 1. The zero-order valence-electron chi connectivity index (χ0n) is 9.47. The molecule has 7 nitrogen and oxygen atoms in total. The maximum absolute atomic E-state index is 10.4. The number of nitrogens with one attached hydrogen (secondary N) is 2. The number of fused-ring (bicyclic) bond motifs is 1. The largest absolute Gasteiger partial charge is 0.494 e. The molecule has 1 atom stereocenters. The molecular weight excluding hydrogens is 244 g/mol. The van der Waals surface area contributed by atoms with Gasteiger partial charge < -0.3 is 10.2 Å². The SMILES string of the molecule is CC1(C)C=C(O)N2NC(SCC(=O)O)=NC2N1. The molecule has 17 heavy (non-hydrogen) atoms. The first-order chi connectivity index (χ1) is 7.87. The van der Waals surface area contributed by atoms with Crippen LogP contribution in [0.25, 0.3) is 0 Å². The summed E-state index contributed by atoms with van der Waals surface area (Å²) >= 11 is 1.08. The highest BCUT2D eigenvalue weighted by Gasteiger charge is 2.37. The van der Waals surface area contributed by atoms with Crippen LogP contribution in [0.15, 0.2) is 17.0 Å². The van der Waals surface area contributed by atoms with Crippen LogP contribution in [-0.2, 0) is 4.79 Å². The number of hydrogen-bond acceptors (Lipinski definition) is 7. The first-order valence-corrected chi connectivity index (χ1v) is 6.04. The molecule has 0 aromatic heterocycles. The van der Waals surface area contributed by atoms with Gasteiger partial charge in [0.05, 0.1) is 5.75 Å². The second-order valence-electron chi connectivity index (χ2n) is 4.34. The highest BCUT2D eigenvalue weighted by molar-refractivity contribution is 8.14. The molecule has 1 unspecified atom stereocenters. The van der Waals surface area contributed by atoms with E-state index < -0.39 is 12.3 Å². The zero-order valence-corrected chi connectivity index (χ0v) is 10.3. The smallest absolute Gasteiger partial charge is 0.313 e. The molecule has 0 fully saturated rings. The fourth-order valence-corrected chi connectivity index (χ4v) is 2.21. The number of aliphatic imine (C=N–C) groups is 1. The number of aliphatic hydroxyl groups excluding tert-OH is 1. The van der Waals surface area contributed by atoms with Crippen LogP contribution in [0.4, 0.5) is 0 Å². The molecule has 0 aliphatic carbocycles. The van der Waals surface area contributed by atoms with Crippen LogP contribution in [0.5, 0.6) is 0 Å². The van der Waals surface area contributed by atoms with Crippen LogP contribution >= 0.6 is 11.8 Å². The molecule has 0 saturated heterocycles. The van der Waals surface area contributed by atoms with Gasteiger partial charge in [-0.15, -0.1) is 0 Å². The van der Waals surface area contributed by atoms with Crippen LogP contribution in [0.3, 0.4) is 0 Å². The lowest BCUT2D eigenvalue weighted by Crippen LogP contribution is -2.57. The molecular formula is C9H14N4O3S. The molecule has 0 aromatic rings. The Hall–Kier alpha value is -1.41. The number of nitrogens with zero attached hydrogens (tertiary/aromatic N) is 2. The van der Waals surface area contributed by atoms with Crippen molar-refractivity contribution >= 4 is 22.9 Å². The monoisotopic (exact) mass is 258 g/mol. The second kappa shape index (κ2) is 4.11. The van der Waals surface area contributed by atoms with Crippen LogP contribution in [0, 0.1) is 0 Å². The van der Waals surface area contributed by atoms with E-state index in [-0.39, 0.29) is 17.2 Å². The lowest BCUT2D eigenvalue weighted by molar-refractivity contribution is -0.133. The summed E-state index contributed by atoms with van der Waals surface area (Å²) in [7, 11) is 0. The van der Waals surface area contributed by atoms with E-state index in [1.807, 2.05) is 13.8 Å². The molecule has 0 radical (unpaired) electrons. The molecule has 2 aliphatic heterocycles. The van der Waals surface area contributed by atoms with Gasteiger partial charge in [-0.05, 0) is 19.9 Å². The summed E-state index contributed by atoms with van der Waals surface area (Å²) in [6.45, 7) is 3.83. The van der Waals surface area contributed by atoms with Crippen molar-refractivity contribution in [1.82, 2.24) is 15.8 Å². The number of carbonyl (C=O) groups is 1. The van der Waals surface area contributed by atoms with E-state index in [9.17, 15) is 9.90 Å². The van der Waals surface area contributed by atoms with Gasteiger partial charge in [-0.2, -0.15) is 0 Å². The topological polar surface area (TPSA) is 97.2 Å². The third-order valence-corrected chi connectivity index (χ3v) is 3.13. The van der Waals surface area contributed by atoms with Crippen molar-refractivity contribution in [3.05, 3.63) is 12.0 Å². The zero-order chi connectivity index (χ0) is 12.6. The lowest BCUT2D eigenvalue weighted by atomic mass is 10.0. The summed E-state index contributed by atoms with van der Waals surface area (Å²) in [6.07, 6.45) is 1.25. The van der Waals surface area contributed by atoms with E-state index in [1.54, 1.807) is 6.08 Å². The fraction of sp³-hybridized carbons (Fsp3) is 0.556. The Morgan fingerprint density at radius 3 is 3.06 bits per heavy atom. The number of carboxylic acid groups (broad SMARTS) is 1. The minimum Gasteiger partial charge on any atom is -0.494 e. The minimum absolute atomic E-state index is 0.0692. The normalized spacial score (nSPS) is 25.8. The highest BCUT2D eigenvalue weighted by Crippen LogP contribution is 2.23. The summed E-state index contributed by atoms with van der Waals surface area (Å²) < 4.78 is 0. The Morgan fingerprint density at radius 2 is 2.41 bits per heavy atom. The van der Waals surface area contributed by atoms with Crippen molar-refractivity contribution in [3.63, 3.8) is 0 Å². The van der Waals surface area contributed by atoms with E-state index >= 15 is 0 Å². The van der Waals surface area contributed by atoms with Crippen molar-refractivity contribution in [2.24, 2.45) is 4.99 Å². The van der Waals surface area contributed by atoms with Gasteiger partial charge in [-0.1, -0.05) is 11.8 Å². The van der Waals surface area contributed by atoms with Crippen molar-refractivity contribution < 1.29 is 15.0 Å². The van der Waals surface area contributed by atoms with E-state index in [1.165, 1.54) is 5.01 Å². The van der Waals surface area contributed by atoms with Gasteiger partial charge >= 0.3 is 5.97 Å². The van der Waals surface area contributed by atoms with Gasteiger partial charge in [-0.25, -0.2) is 10.0 Å². The molecule has 0 bridgehead atoms. The number of aliphatic carboxylic acids is 1. The molecule has 0 aromatic carbocycles. The summed E-state index contributed by atoms with van der Waals surface area (Å²) in [6, 6.07) is 0. The van der Waals surface area contributed by atoms with Gasteiger partial charge in [-0.3, -0.25) is 15.5 Å². The van der Waals surface area contributed by atoms with Gasteiger partial charge in [0.25, 0.3) is 0 Å². The average molecular weight is 258 g/mol. The second-order valence-corrected chi connectivity index (χ2v) is 5.30. The van der Waals surface area contributed by atoms with Gasteiger partial charge in [0, 0.05) is 5.54 Å². The van der Waals surface area contributed by atoms with E-state index in [0.29, 0.717) is 5.17 Å². The van der Waals surface area contributed by atoms with E-state index in [0.717, 1.165) is 11.8 Å². The maximum atomic E-state index is 10.4. The summed E-state index contributed by atoms with van der Waals surface area (Å²) in [4.78, 5) is 14.7. The molecule has 4 N–H and O–H groups in total. The predicted octanol–water partition coefficient (Wildman–Crippen LogP) is 0.0452. The van der Waals surface area contributed by atoms with Crippen molar-refractivity contribution in [3.8, 4) is 0 Å². The maximum Gasteiger partial charge on any atom is 0.313 e. The molecule has 0 amide bonds. The van der Waals surface area contributed by atoms with Crippen LogP contribution in [0.1, 0.15) is 13.8 Å². The number of hydrazine groups is 1. The molecule has 0 saturated carbocycles. The molecule has 2 heterocycles. The van der Waals surface area contributed by atoms with Gasteiger partial charge in [0.15, 0.2) is 5.17 Å². The standard InChI is InChI=1S/C9H14N4O3S/c1-9(2)3-5(14)13-7(11-9)10-8(12-13)17-4-6(15)16/h3,7,11,14H,4H2,1-2H3,(H,10,12)(H,15,16). The number of rotatable bonds is 2. The molecule has 94 valence electrons. The molecule has 8 heteroatoms. The molecule has 0 spiro atoms. The van der Waals surface area contributed by atoms with Crippen molar-refractivity contribution in [2.75, 3.05) is 5.75 Å². The van der Waals surface area contributed by atoms with Crippen molar-refractivity contribution in [1.29, 1.82) is 0 Å². The first-order valence-electron chi connectivity index (χ1n) is 5.05. The number of hydrogen-bond donors (Lipinski definition) is 4. The van der Waals surface area contributed by atoms with Crippen LogP contribution in [-0.4, -0.2) is 43.9 Å². The third-order valence-electron chi connectivity index (χ3n) is 2.27. The molecule has 2 rings (SSSR count). The Labute approximate surface area is 103 Å². The molecule has 2 aliphatic rings. The Bertz CT molecular complexity index is 407. The third kappa shape index (κ3) is 2.64. The Balaban J connectivity index is 2.06. The fourth-order valence-electron chi connectivity index (χ4n) is 1.61. The lowest BCUT2D eigenvalue weighted by Gasteiger charge is -2.36. The Morgan fingerprint density at radius 1 is 1.71 bits per heavy atom. The van der Waals surface area contributed by atoms with Crippen LogP contribution < -0.4 is 10.7 Å². The minimum atomic E-state index is -0.905. The van der Waals surface area contributed by atoms with E-state index in [2.05, 4.69) is 15.7 Å². The van der Waals surface area contributed by atoms with Gasteiger partial charge in [0.2, 0.25) is 12.2 Å². The predicted molar refractivity (Wildman–Crippen MR) is 64.2 cm³/mol. The Kier molecular flexibility index (Phi) is 2.92.